The van der Waals surface area contributed by atoms with Gasteiger partial charge in [0, 0.05) is 18.7 Å². The van der Waals surface area contributed by atoms with Gasteiger partial charge in [-0.3, -0.25) is 4.90 Å². The Bertz CT molecular complexity index is 599. The van der Waals surface area contributed by atoms with Crippen molar-refractivity contribution in [3.8, 4) is 17.1 Å². The highest BCUT2D eigenvalue weighted by atomic mass is 16.5. The van der Waals surface area contributed by atoms with Crippen molar-refractivity contribution < 1.29 is 13.9 Å². The Morgan fingerprint density at radius 1 is 1.18 bits per heavy atom. The zero-order chi connectivity index (χ0) is 15.5. The topological polar surface area (TPSA) is 47.7 Å². The van der Waals surface area contributed by atoms with Gasteiger partial charge in [0.05, 0.1) is 32.1 Å². The molecule has 1 aromatic carbocycles. The summed E-state index contributed by atoms with van der Waals surface area (Å²) < 4.78 is 16.8. The Balaban J connectivity index is 1.68. The zero-order valence-electron chi connectivity index (χ0n) is 13.3. The van der Waals surface area contributed by atoms with Crippen molar-refractivity contribution in [1.82, 2.24) is 9.88 Å². The van der Waals surface area contributed by atoms with Crippen LogP contribution in [0.2, 0.25) is 0 Å². The molecule has 2 aromatic rings. The summed E-state index contributed by atoms with van der Waals surface area (Å²) in [6, 6.07) is 7.79. The molecule has 1 saturated heterocycles. The van der Waals surface area contributed by atoms with Gasteiger partial charge in [0.1, 0.15) is 5.75 Å². The van der Waals surface area contributed by atoms with E-state index in [4.69, 9.17) is 13.9 Å². The minimum Gasteiger partial charge on any atom is -0.497 e. The van der Waals surface area contributed by atoms with Crippen molar-refractivity contribution in [3.05, 3.63) is 36.4 Å². The van der Waals surface area contributed by atoms with Gasteiger partial charge in [-0.1, -0.05) is 0 Å². The molecule has 0 spiro atoms. The molecule has 2 unspecified atom stereocenters. The Morgan fingerprint density at radius 2 is 1.86 bits per heavy atom. The number of hydrogen-bond donors (Lipinski definition) is 0. The standard InChI is InChI=1S/C17H22N2O3/c1-12-9-19(10-13(2)21-12)11-17-18-8-16(22-17)14-4-6-15(20-3)7-5-14/h4-8,12-13H,9-11H2,1-3H3. The molecule has 1 aromatic heterocycles. The van der Waals surface area contributed by atoms with E-state index in [9.17, 15) is 0 Å². The van der Waals surface area contributed by atoms with E-state index in [1.165, 1.54) is 0 Å². The molecular weight excluding hydrogens is 280 g/mol. The van der Waals surface area contributed by atoms with E-state index in [0.29, 0.717) is 6.54 Å². The molecule has 5 heteroatoms. The third kappa shape index (κ3) is 3.48. The third-order valence-electron chi connectivity index (χ3n) is 3.78. The van der Waals surface area contributed by atoms with E-state index in [0.717, 1.165) is 36.1 Å². The van der Waals surface area contributed by atoms with Crippen molar-refractivity contribution in [2.45, 2.75) is 32.6 Å². The van der Waals surface area contributed by atoms with Crippen LogP contribution in [0, 0.1) is 0 Å². The fraction of sp³-hybridized carbons (Fsp3) is 0.471. The van der Waals surface area contributed by atoms with Crippen LogP contribution in [-0.4, -0.2) is 42.3 Å². The number of aromatic nitrogens is 1. The van der Waals surface area contributed by atoms with Gasteiger partial charge < -0.3 is 13.9 Å². The Morgan fingerprint density at radius 3 is 2.50 bits per heavy atom. The molecule has 0 bridgehead atoms. The van der Waals surface area contributed by atoms with Crippen LogP contribution in [0.15, 0.2) is 34.9 Å². The molecule has 0 aliphatic carbocycles. The number of methoxy groups -OCH3 is 1. The SMILES string of the molecule is COc1ccc(-c2cnc(CN3CC(C)OC(C)C3)o2)cc1. The number of rotatable bonds is 4. The maximum absolute atomic E-state index is 5.88. The first-order valence-electron chi connectivity index (χ1n) is 7.61. The van der Waals surface area contributed by atoms with Gasteiger partial charge in [0.2, 0.25) is 5.89 Å². The molecule has 0 saturated carbocycles. The van der Waals surface area contributed by atoms with Crippen molar-refractivity contribution in [2.24, 2.45) is 0 Å². The Kier molecular flexibility index (Phi) is 4.45. The average Bonchev–Trinajstić information content (AvgIpc) is 2.95. The Labute approximate surface area is 130 Å². The highest BCUT2D eigenvalue weighted by Crippen LogP contribution is 2.24. The van der Waals surface area contributed by atoms with Crippen LogP contribution in [0.4, 0.5) is 0 Å². The lowest BCUT2D eigenvalue weighted by Crippen LogP contribution is -2.44. The van der Waals surface area contributed by atoms with Gasteiger partial charge in [0.25, 0.3) is 0 Å². The third-order valence-corrected chi connectivity index (χ3v) is 3.78. The molecular formula is C17H22N2O3. The predicted octanol–water partition coefficient (Wildman–Crippen LogP) is 2.96. The lowest BCUT2D eigenvalue weighted by molar-refractivity contribution is -0.0721. The van der Waals surface area contributed by atoms with Crippen LogP contribution in [0.25, 0.3) is 11.3 Å². The van der Waals surface area contributed by atoms with Crippen molar-refractivity contribution >= 4 is 0 Å². The minimum absolute atomic E-state index is 0.250. The summed E-state index contributed by atoms with van der Waals surface area (Å²) in [5, 5.41) is 0. The Hall–Kier alpha value is -1.85. The minimum atomic E-state index is 0.250. The molecule has 1 aliphatic rings. The van der Waals surface area contributed by atoms with Gasteiger partial charge in [-0.05, 0) is 38.1 Å². The van der Waals surface area contributed by atoms with E-state index in [2.05, 4.69) is 23.7 Å². The van der Waals surface area contributed by atoms with Crippen LogP contribution < -0.4 is 4.74 Å². The molecule has 22 heavy (non-hydrogen) atoms. The second-order valence-electron chi connectivity index (χ2n) is 5.80. The maximum atomic E-state index is 5.88. The highest BCUT2D eigenvalue weighted by molar-refractivity contribution is 5.57. The number of nitrogens with zero attached hydrogens (tertiary/aromatic N) is 2. The first-order chi connectivity index (χ1) is 10.6. The second kappa shape index (κ2) is 6.50. The number of oxazole rings is 1. The van der Waals surface area contributed by atoms with Gasteiger partial charge in [0.15, 0.2) is 5.76 Å². The van der Waals surface area contributed by atoms with Gasteiger partial charge >= 0.3 is 0 Å². The van der Waals surface area contributed by atoms with Gasteiger partial charge in [-0.25, -0.2) is 4.98 Å². The van der Waals surface area contributed by atoms with E-state index in [1.807, 2.05) is 24.3 Å². The number of benzene rings is 1. The lowest BCUT2D eigenvalue weighted by atomic mass is 10.2. The summed E-state index contributed by atoms with van der Waals surface area (Å²) in [5.41, 5.74) is 1.00. The van der Waals surface area contributed by atoms with Gasteiger partial charge in [-0.2, -0.15) is 0 Å². The van der Waals surface area contributed by atoms with Crippen LogP contribution in [0.5, 0.6) is 5.75 Å². The molecule has 2 atom stereocenters. The fourth-order valence-corrected chi connectivity index (χ4v) is 2.88. The van der Waals surface area contributed by atoms with Crippen molar-refractivity contribution in [2.75, 3.05) is 20.2 Å². The summed E-state index contributed by atoms with van der Waals surface area (Å²) in [4.78, 5) is 6.72. The zero-order valence-corrected chi connectivity index (χ0v) is 13.3. The quantitative estimate of drug-likeness (QED) is 0.869. The molecule has 0 amide bonds. The fourth-order valence-electron chi connectivity index (χ4n) is 2.88. The molecule has 1 aliphatic heterocycles. The summed E-state index contributed by atoms with van der Waals surface area (Å²) in [5.74, 6) is 2.36. The first kappa shape index (κ1) is 15.1. The van der Waals surface area contributed by atoms with E-state index < -0.39 is 0 Å². The second-order valence-corrected chi connectivity index (χ2v) is 5.80. The molecule has 1 fully saturated rings. The number of ether oxygens (including phenoxy) is 2. The first-order valence-corrected chi connectivity index (χ1v) is 7.61. The predicted molar refractivity (Wildman–Crippen MR) is 83.8 cm³/mol. The molecule has 3 rings (SSSR count). The van der Waals surface area contributed by atoms with E-state index in [-0.39, 0.29) is 12.2 Å². The van der Waals surface area contributed by atoms with E-state index >= 15 is 0 Å². The molecule has 118 valence electrons. The summed E-state index contributed by atoms with van der Waals surface area (Å²) in [6.45, 7) is 6.73. The van der Waals surface area contributed by atoms with E-state index in [1.54, 1.807) is 13.3 Å². The largest absolute Gasteiger partial charge is 0.497 e. The van der Waals surface area contributed by atoms with Gasteiger partial charge in [-0.15, -0.1) is 0 Å². The summed E-state index contributed by atoms with van der Waals surface area (Å²) in [7, 11) is 1.66. The lowest BCUT2D eigenvalue weighted by Gasteiger charge is -2.34. The number of hydrogen-bond acceptors (Lipinski definition) is 5. The normalized spacial score (nSPS) is 22.7. The summed E-state index contributed by atoms with van der Waals surface area (Å²) in [6.07, 6.45) is 2.28. The average molecular weight is 302 g/mol. The highest BCUT2D eigenvalue weighted by Gasteiger charge is 2.23. The van der Waals surface area contributed by atoms with Crippen LogP contribution in [-0.2, 0) is 11.3 Å². The maximum Gasteiger partial charge on any atom is 0.209 e. The van der Waals surface area contributed by atoms with Crippen LogP contribution >= 0.6 is 0 Å². The smallest absolute Gasteiger partial charge is 0.209 e. The van der Waals surface area contributed by atoms with Crippen molar-refractivity contribution in [3.63, 3.8) is 0 Å². The van der Waals surface area contributed by atoms with Crippen LogP contribution in [0.1, 0.15) is 19.7 Å². The molecule has 5 nitrogen and oxygen atoms in total. The molecule has 0 radical (unpaired) electrons. The number of morpholine rings is 1. The van der Waals surface area contributed by atoms with Crippen LogP contribution in [0.3, 0.4) is 0 Å². The monoisotopic (exact) mass is 302 g/mol. The van der Waals surface area contributed by atoms with Crippen molar-refractivity contribution in [1.29, 1.82) is 0 Å². The summed E-state index contributed by atoms with van der Waals surface area (Å²) >= 11 is 0. The molecule has 2 heterocycles. The molecule has 0 N–H and O–H groups in total.